The lowest BCUT2D eigenvalue weighted by Crippen LogP contribution is -2.28. The Kier molecular flexibility index (Phi) is 4.67. The minimum absolute atomic E-state index is 0.132. The quantitative estimate of drug-likeness (QED) is 0.868. The van der Waals surface area contributed by atoms with Gasteiger partial charge in [-0.25, -0.2) is 13.2 Å². The fourth-order valence-electron chi connectivity index (χ4n) is 1.85. The highest BCUT2D eigenvalue weighted by Gasteiger charge is 2.18. The van der Waals surface area contributed by atoms with E-state index in [1.54, 1.807) is 13.0 Å². The number of hydrogen-bond acceptors (Lipinski definition) is 1. The molecule has 0 aliphatic carbocycles. The summed E-state index contributed by atoms with van der Waals surface area (Å²) < 4.78 is 40.0. The largest absolute Gasteiger partial charge is 0.345 e. The number of carbonyl (C=O) groups is 1. The average molecular weight is 358 g/mol. The Morgan fingerprint density at radius 3 is 2.43 bits per heavy atom. The Hall–Kier alpha value is -1.82. The highest BCUT2D eigenvalue weighted by Crippen LogP contribution is 2.21. The van der Waals surface area contributed by atoms with Crippen molar-refractivity contribution < 1.29 is 18.0 Å². The molecule has 2 aromatic rings. The molecule has 2 nitrogen and oxygen atoms in total. The molecule has 6 heteroatoms. The maximum atomic E-state index is 13.7. The van der Waals surface area contributed by atoms with Crippen LogP contribution < -0.4 is 5.32 Å². The summed E-state index contributed by atoms with van der Waals surface area (Å²) in [6, 6.07) is 6.92. The molecule has 0 fully saturated rings. The van der Waals surface area contributed by atoms with Gasteiger partial charge in [-0.05, 0) is 52.7 Å². The van der Waals surface area contributed by atoms with Crippen LogP contribution >= 0.6 is 15.9 Å². The van der Waals surface area contributed by atoms with Crippen molar-refractivity contribution in [3.05, 3.63) is 69.4 Å². The number of nitrogens with one attached hydrogen (secondary N) is 1. The van der Waals surface area contributed by atoms with Crippen LogP contribution in [-0.2, 0) is 0 Å². The lowest BCUT2D eigenvalue weighted by molar-refractivity contribution is 0.0935. The van der Waals surface area contributed by atoms with Gasteiger partial charge >= 0.3 is 0 Å². The Balaban J connectivity index is 2.21. The molecule has 0 saturated heterocycles. The molecule has 1 unspecified atom stereocenters. The minimum atomic E-state index is -0.999. The van der Waals surface area contributed by atoms with E-state index >= 15 is 0 Å². The van der Waals surface area contributed by atoms with Crippen molar-refractivity contribution in [3.8, 4) is 0 Å². The van der Waals surface area contributed by atoms with Gasteiger partial charge in [0, 0.05) is 4.47 Å². The first-order valence-electron chi connectivity index (χ1n) is 6.10. The van der Waals surface area contributed by atoms with Crippen LogP contribution in [0.4, 0.5) is 13.2 Å². The van der Waals surface area contributed by atoms with Gasteiger partial charge < -0.3 is 5.32 Å². The molecule has 0 saturated carbocycles. The molecule has 0 aromatic heterocycles. The smallest absolute Gasteiger partial charge is 0.255 e. The fourth-order valence-corrected chi connectivity index (χ4v) is 2.37. The van der Waals surface area contributed by atoms with E-state index in [1.165, 1.54) is 18.2 Å². The van der Waals surface area contributed by atoms with Crippen molar-refractivity contribution in [2.24, 2.45) is 0 Å². The van der Waals surface area contributed by atoms with E-state index in [1.807, 2.05) is 0 Å². The topological polar surface area (TPSA) is 29.1 Å². The lowest BCUT2D eigenvalue weighted by Gasteiger charge is -2.15. The molecule has 2 rings (SSSR count). The molecule has 2 aromatic carbocycles. The second-order valence-electron chi connectivity index (χ2n) is 4.47. The van der Waals surface area contributed by atoms with Crippen molar-refractivity contribution >= 4 is 21.8 Å². The standard InChI is InChI=1S/C15H11BrF3NO/c1-8(9-5-6-11(17)13(19)7-9)20-15(21)14-10(16)3-2-4-12(14)18/h2-8H,1H3,(H,20,21). The van der Waals surface area contributed by atoms with Gasteiger partial charge in [-0.2, -0.15) is 0 Å². The van der Waals surface area contributed by atoms with Crippen LogP contribution in [0.3, 0.4) is 0 Å². The molecule has 0 aliphatic rings. The molecular formula is C15H11BrF3NO. The summed E-state index contributed by atoms with van der Waals surface area (Å²) in [6.07, 6.45) is 0. The Labute approximate surface area is 128 Å². The van der Waals surface area contributed by atoms with E-state index in [4.69, 9.17) is 0 Å². The zero-order valence-electron chi connectivity index (χ0n) is 11.0. The Bertz CT molecular complexity index is 670. The van der Waals surface area contributed by atoms with E-state index < -0.39 is 29.4 Å². The highest BCUT2D eigenvalue weighted by atomic mass is 79.9. The van der Waals surface area contributed by atoms with Crippen molar-refractivity contribution in [2.45, 2.75) is 13.0 Å². The summed E-state index contributed by atoms with van der Waals surface area (Å²) in [6.45, 7) is 1.60. The summed E-state index contributed by atoms with van der Waals surface area (Å²) in [7, 11) is 0. The average Bonchev–Trinajstić information content (AvgIpc) is 2.41. The molecule has 0 heterocycles. The normalized spacial score (nSPS) is 12.0. The van der Waals surface area contributed by atoms with Crippen LogP contribution in [0.1, 0.15) is 28.9 Å². The van der Waals surface area contributed by atoms with E-state index in [2.05, 4.69) is 21.2 Å². The summed E-state index contributed by atoms with van der Waals surface area (Å²) in [5.41, 5.74) is 0.252. The van der Waals surface area contributed by atoms with Crippen LogP contribution in [0.15, 0.2) is 40.9 Å². The predicted molar refractivity (Wildman–Crippen MR) is 76.3 cm³/mol. The summed E-state index contributed by atoms with van der Waals surface area (Å²) in [5, 5.41) is 2.54. The van der Waals surface area contributed by atoms with Crippen LogP contribution in [-0.4, -0.2) is 5.91 Å². The van der Waals surface area contributed by atoms with Gasteiger partial charge in [0.15, 0.2) is 11.6 Å². The molecule has 0 spiro atoms. The zero-order valence-corrected chi connectivity index (χ0v) is 12.5. The third-order valence-corrected chi connectivity index (χ3v) is 3.64. The zero-order chi connectivity index (χ0) is 15.6. The van der Waals surface area contributed by atoms with Gasteiger partial charge in [-0.3, -0.25) is 4.79 Å². The number of rotatable bonds is 3. The molecule has 21 heavy (non-hydrogen) atoms. The van der Waals surface area contributed by atoms with Crippen molar-refractivity contribution in [3.63, 3.8) is 0 Å². The number of hydrogen-bond donors (Lipinski definition) is 1. The van der Waals surface area contributed by atoms with Crippen molar-refractivity contribution in [2.75, 3.05) is 0 Å². The van der Waals surface area contributed by atoms with Gasteiger partial charge in [0.2, 0.25) is 0 Å². The van der Waals surface area contributed by atoms with Crippen molar-refractivity contribution in [1.29, 1.82) is 0 Å². The molecular weight excluding hydrogens is 347 g/mol. The second kappa shape index (κ2) is 6.30. The first-order chi connectivity index (χ1) is 9.90. The first kappa shape index (κ1) is 15.6. The molecule has 1 N–H and O–H groups in total. The van der Waals surface area contributed by atoms with E-state index in [0.717, 1.165) is 12.1 Å². The minimum Gasteiger partial charge on any atom is -0.345 e. The summed E-state index contributed by atoms with van der Waals surface area (Å²) >= 11 is 3.10. The Morgan fingerprint density at radius 2 is 1.81 bits per heavy atom. The number of halogens is 4. The summed E-state index contributed by atoms with van der Waals surface area (Å²) in [4.78, 5) is 12.1. The van der Waals surface area contributed by atoms with Crippen LogP contribution in [0.2, 0.25) is 0 Å². The second-order valence-corrected chi connectivity index (χ2v) is 5.32. The number of amides is 1. The monoisotopic (exact) mass is 357 g/mol. The number of carbonyl (C=O) groups excluding carboxylic acids is 1. The highest BCUT2D eigenvalue weighted by molar-refractivity contribution is 9.10. The maximum Gasteiger partial charge on any atom is 0.255 e. The molecule has 1 atom stereocenters. The Morgan fingerprint density at radius 1 is 1.10 bits per heavy atom. The molecule has 0 bridgehead atoms. The SMILES string of the molecule is CC(NC(=O)c1c(F)cccc1Br)c1ccc(F)c(F)c1. The van der Waals surface area contributed by atoms with E-state index in [0.29, 0.717) is 10.0 Å². The van der Waals surface area contributed by atoms with Gasteiger partial charge in [-0.15, -0.1) is 0 Å². The maximum absolute atomic E-state index is 13.7. The summed E-state index contributed by atoms with van der Waals surface area (Å²) in [5.74, 6) is -3.27. The van der Waals surface area contributed by atoms with Gasteiger partial charge in [-0.1, -0.05) is 12.1 Å². The predicted octanol–water partition coefficient (Wildman–Crippen LogP) is 4.36. The van der Waals surface area contributed by atoms with Crippen LogP contribution in [0.5, 0.6) is 0 Å². The van der Waals surface area contributed by atoms with E-state index in [-0.39, 0.29) is 5.56 Å². The van der Waals surface area contributed by atoms with Gasteiger partial charge in [0.25, 0.3) is 5.91 Å². The van der Waals surface area contributed by atoms with Crippen LogP contribution in [0, 0.1) is 17.5 Å². The number of benzene rings is 2. The molecule has 1 amide bonds. The lowest BCUT2D eigenvalue weighted by atomic mass is 10.1. The molecule has 0 radical (unpaired) electrons. The molecule has 0 aliphatic heterocycles. The van der Waals surface area contributed by atoms with E-state index in [9.17, 15) is 18.0 Å². The van der Waals surface area contributed by atoms with Gasteiger partial charge in [0.1, 0.15) is 5.82 Å². The first-order valence-corrected chi connectivity index (χ1v) is 6.89. The van der Waals surface area contributed by atoms with Crippen LogP contribution in [0.25, 0.3) is 0 Å². The third kappa shape index (κ3) is 3.44. The third-order valence-electron chi connectivity index (χ3n) is 2.98. The van der Waals surface area contributed by atoms with Gasteiger partial charge in [0.05, 0.1) is 11.6 Å². The van der Waals surface area contributed by atoms with Crippen molar-refractivity contribution in [1.82, 2.24) is 5.32 Å². The fraction of sp³-hybridized carbons (Fsp3) is 0.133. The molecule has 110 valence electrons.